The van der Waals surface area contributed by atoms with Crippen LogP contribution in [0.3, 0.4) is 0 Å². The molecule has 7 nitrogen and oxygen atoms in total. The number of fused-ring (bicyclic) bond motifs is 1. The Balaban J connectivity index is 1.46. The lowest BCUT2D eigenvalue weighted by Gasteiger charge is -2.32. The second-order valence-corrected chi connectivity index (χ2v) is 11.3. The highest BCUT2D eigenvalue weighted by Gasteiger charge is 2.34. The fourth-order valence-corrected chi connectivity index (χ4v) is 6.03. The van der Waals surface area contributed by atoms with Crippen molar-refractivity contribution >= 4 is 22.7 Å². The maximum Gasteiger partial charge on any atom is 0.268 e. The third-order valence-electron chi connectivity index (χ3n) is 7.95. The van der Waals surface area contributed by atoms with E-state index in [1.54, 1.807) is 0 Å². The number of rotatable bonds is 10. The zero-order valence-electron chi connectivity index (χ0n) is 22.5. The summed E-state index contributed by atoms with van der Waals surface area (Å²) in [5, 5.41) is 16.7. The average Bonchev–Trinajstić information content (AvgIpc) is 3.27. The highest BCUT2D eigenvalue weighted by Crippen LogP contribution is 2.27. The van der Waals surface area contributed by atoms with Gasteiger partial charge in [0.25, 0.3) is 5.91 Å². The zero-order chi connectivity index (χ0) is 26.2. The number of carbonyl (C=O) groups excluding carboxylic acids is 2. The van der Waals surface area contributed by atoms with E-state index >= 15 is 0 Å². The summed E-state index contributed by atoms with van der Waals surface area (Å²) in [6.45, 7) is 8.29. The number of amides is 2. The molecule has 7 heteroatoms. The second kappa shape index (κ2) is 13.1. The molecule has 3 unspecified atom stereocenters. The van der Waals surface area contributed by atoms with Gasteiger partial charge in [-0.3, -0.25) is 9.59 Å². The minimum absolute atomic E-state index is 0.112. The van der Waals surface area contributed by atoms with E-state index in [4.69, 9.17) is 0 Å². The minimum atomic E-state index is -0.492. The van der Waals surface area contributed by atoms with Gasteiger partial charge in [-0.2, -0.15) is 5.26 Å². The van der Waals surface area contributed by atoms with Crippen LogP contribution < -0.4 is 10.6 Å². The smallest absolute Gasteiger partial charge is 0.268 e. The van der Waals surface area contributed by atoms with Crippen molar-refractivity contribution in [2.24, 2.45) is 11.8 Å². The molecule has 2 N–H and O–H groups in total. The summed E-state index contributed by atoms with van der Waals surface area (Å²) in [7, 11) is 0. The number of nitrogens with one attached hydrogen (secondary N) is 2. The van der Waals surface area contributed by atoms with Crippen molar-refractivity contribution in [1.29, 1.82) is 5.26 Å². The van der Waals surface area contributed by atoms with Crippen LogP contribution in [0.2, 0.25) is 0 Å². The Morgan fingerprint density at radius 1 is 1.05 bits per heavy atom. The number of likely N-dealkylation sites (tertiary alicyclic amines) is 1. The molecule has 1 aliphatic heterocycles. The van der Waals surface area contributed by atoms with E-state index in [0.29, 0.717) is 18.0 Å². The normalized spacial score (nSPS) is 21.5. The number of hydrogen-bond acceptors (Lipinski definition) is 4. The molecule has 37 heavy (non-hydrogen) atoms. The van der Waals surface area contributed by atoms with Crippen LogP contribution in [0.15, 0.2) is 30.3 Å². The Bertz CT molecular complexity index is 1100. The molecule has 2 aromatic rings. The molecule has 1 saturated carbocycles. The molecule has 200 valence electrons. The van der Waals surface area contributed by atoms with E-state index in [9.17, 15) is 14.9 Å². The molecule has 1 saturated heterocycles. The number of nitrogens with zero attached hydrogens (tertiary/aromatic N) is 3. The van der Waals surface area contributed by atoms with Crippen LogP contribution >= 0.6 is 0 Å². The van der Waals surface area contributed by atoms with Crippen LogP contribution in [0, 0.1) is 23.2 Å². The van der Waals surface area contributed by atoms with Crippen molar-refractivity contribution in [2.45, 2.75) is 90.3 Å². The first kappa shape index (κ1) is 27.2. The molecule has 1 aliphatic carbocycles. The highest BCUT2D eigenvalue weighted by atomic mass is 16.2. The van der Waals surface area contributed by atoms with Gasteiger partial charge in [-0.25, -0.2) is 0 Å². The molecule has 1 aromatic carbocycles. The summed E-state index contributed by atoms with van der Waals surface area (Å²) in [4.78, 5) is 29.3. The van der Waals surface area contributed by atoms with Crippen molar-refractivity contribution in [2.75, 3.05) is 19.6 Å². The van der Waals surface area contributed by atoms with E-state index in [0.717, 1.165) is 56.1 Å². The Morgan fingerprint density at radius 3 is 2.57 bits per heavy atom. The molecule has 4 rings (SSSR count). The predicted octanol–water partition coefficient (Wildman–Crippen LogP) is 4.86. The van der Waals surface area contributed by atoms with Crippen molar-refractivity contribution < 1.29 is 9.59 Å². The predicted molar refractivity (Wildman–Crippen MR) is 147 cm³/mol. The number of benzene rings is 1. The van der Waals surface area contributed by atoms with Crippen LogP contribution in [0.5, 0.6) is 0 Å². The zero-order valence-corrected chi connectivity index (χ0v) is 22.5. The van der Waals surface area contributed by atoms with Crippen molar-refractivity contribution in [3.63, 3.8) is 0 Å². The molecule has 0 spiro atoms. The van der Waals surface area contributed by atoms with Crippen LogP contribution in [0.4, 0.5) is 0 Å². The maximum atomic E-state index is 13.6. The number of hydrogen-bond donors (Lipinski definition) is 2. The second-order valence-electron chi connectivity index (χ2n) is 11.3. The molecular formula is C30H43N5O2. The number of carbonyl (C=O) groups is 2. The lowest BCUT2D eigenvalue weighted by atomic mass is 9.83. The van der Waals surface area contributed by atoms with Crippen LogP contribution in [0.25, 0.3) is 10.9 Å². The van der Waals surface area contributed by atoms with Crippen molar-refractivity contribution in [3.05, 3.63) is 36.0 Å². The first-order chi connectivity index (χ1) is 18.0. The van der Waals surface area contributed by atoms with Gasteiger partial charge in [0, 0.05) is 23.5 Å². The van der Waals surface area contributed by atoms with Gasteiger partial charge in [0.15, 0.2) is 0 Å². The molecule has 2 amide bonds. The molecule has 1 aromatic heterocycles. The standard InChI is InChI=1S/C30H43N5O2/c1-22(2)19-24(21-31)32-29(36)25-12-5-6-13-26(25)33-30(37)28-20-23-11-4-7-14-27(23)35(28)18-10-17-34-15-8-3-9-16-34/h4,7,11,14,20,22,24-26H,3,5-6,8-10,12-13,15-19H2,1-2H3,(H,32,36)(H,33,37). The summed E-state index contributed by atoms with van der Waals surface area (Å²) >= 11 is 0. The number of nitriles is 1. The summed E-state index contributed by atoms with van der Waals surface area (Å²) in [5.41, 5.74) is 1.74. The molecule has 2 heterocycles. The van der Waals surface area contributed by atoms with E-state index in [1.807, 2.05) is 32.0 Å². The SMILES string of the molecule is CC(C)CC(C#N)NC(=O)C1CCCCC1NC(=O)c1cc2ccccc2n1CCCN1CCCCC1. The van der Waals surface area contributed by atoms with Gasteiger partial charge in [-0.05, 0) is 76.2 Å². The lowest BCUT2D eigenvalue weighted by molar-refractivity contribution is -0.127. The average molecular weight is 506 g/mol. The third-order valence-corrected chi connectivity index (χ3v) is 7.95. The Labute approximate surface area is 221 Å². The molecule has 2 fully saturated rings. The van der Waals surface area contributed by atoms with E-state index in [-0.39, 0.29) is 23.8 Å². The number of piperidine rings is 1. The molecule has 0 radical (unpaired) electrons. The molecule has 0 bridgehead atoms. The van der Waals surface area contributed by atoms with Gasteiger partial charge < -0.3 is 20.1 Å². The number of para-hydroxylation sites is 1. The fourth-order valence-electron chi connectivity index (χ4n) is 6.03. The Hall–Kier alpha value is -2.85. The van der Waals surface area contributed by atoms with Crippen molar-refractivity contribution in [1.82, 2.24) is 20.1 Å². The Morgan fingerprint density at radius 2 is 1.81 bits per heavy atom. The lowest BCUT2D eigenvalue weighted by Crippen LogP contribution is -2.50. The van der Waals surface area contributed by atoms with E-state index in [2.05, 4.69) is 38.3 Å². The van der Waals surface area contributed by atoms with Gasteiger partial charge in [-0.15, -0.1) is 0 Å². The minimum Gasteiger partial charge on any atom is -0.347 e. The first-order valence-corrected chi connectivity index (χ1v) is 14.3. The fraction of sp³-hybridized carbons (Fsp3) is 0.633. The Kier molecular flexibility index (Phi) is 9.62. The third kappa shape index (κ3) is 7.13. The van der Waals surface area contributed by atoms with Gasteiger partial charge in [0.05, 0.1) is 12.0 Å². The maximum absolute atomic E-state index is 13.6. The van der Waals surface area contributed by atoms with Gasteiger partial charge in [0.1, 0.15) is 11.7 Å². The summed E-state index contributed by atoms with van der Waals surface area (Å²) in [5.74, 6) is -0.210. The van der Waals surface area contributed by atoms with Gasteiger partial charge in [-0.1, -0.05) is 51.3 Å². The summed E-state index contributed by atoms with van der Waals surface area (Å²) < 4.78 is 2.15. The number of aryl methyl sites for hydroxylation is 1. The van der Waals surface area contributed by atoms with Gasteiger partial charge in [0.2, 0.25) is 5.91 Å². The quantitative estimate of drug-likeness (QED) is 0.483. The van der Waals surface area contributed by atoms with Crippen molar-refractivity contribution in [3.8, 4) is 6.07 Å². The summed E-state index contributed by atoms with van der Waals surface area (Å²) in [6, 6.07) is 11.7. The topological polar surface area (TPSA) is 90.2 Å². The largest absolute Gasteiger partial charge is 0.347 e. The van der Waals surface area contributed by atoms with E-state index < -0.39 is 6.04 Å². The van der Waals surface area contributed by atoms with E-state index in [1.165, 1.54) is 32.4 Å². The highest BCUT2D eigenvalue weighted by molar-refractivity contribution is 5.99. The first-order valence-electron chi connectivity index (χ1n) is 14.3. The monoisotopic (exact) mass is 505 g/mol. The van der Waals surface area contributed by atoms with Gasteiger partial charge >= 0.3 is 0 Å². The summed E-state index contributed by atoms with van der Waals surface area (Å²) in [6.07, 6.45) is 8.98. The number of aromatic nitrogens is 1. The van der Waals surface area contributed by atoms with Crippen LogP contribution in [0.1, 0.15) is 82.1 Å². The molecule has 2 aliphatic rings. The molecule has 3 atom stereocenters. The van der Waals surface area contributed by atoms with Crippen LogP contribution in [-0.2, 0) is 11.3 Å². The van der Waals surface area contributed by atoms with Crippen LogP contribution in [-0.4, -0.2) is 53.0 Å². The molecular weight excluding hydrogens is 462 g/mol.